The molecule has 1 rings (SSSR count). The zero-order valence-electron chi connectivity index (χ0n) is 9.62. The predicted octanol–water partition coefficient (Wildman–Crippen LogP) is 3.98. The van der Waals surface area contributed by atoms with Crippen molar-refractivity contribution in [3.8, 4) is 0 Å². The summed E-state index contributed by atoms with van der Waals surface area (Å²) in [4.78, 5) is 4.54. The van der Waals surface area contributed by atoms with Crippen molar-refractivity contribution in [1.29, 1.82) is 0 Å². The summed E-state index contributed by atoms with van der Waals surface area (Å²) in [6, 6.07) is 10.2. The molecule has 0 unspecified atom stereocenters. The van der Waals surface area contributed by atoms with Gasteiger partial charge in [0, 0.05) is 5.71 Å². The van der Waals surface area contributed by atoms with Crippen LogP contribution in [0.25, 0.3) is 0 Å². The average molecular weight is 199 g/mol. The summed E-state index contributed by atoms with van der Waals surface area (Å²) in [5.41, 5.74) is 4.12. The molecule has 1 aromatic carbocycles. The van der Waals surface area contributed by atoms with Gasteiger partial charge in [-0.15, -0.1) is 0 Å². The van der Waals surface area contributed by atoms with E-state index >= 15 is 0 Å². The van der Waals surface area contributed by atoms with Crippen LogP contribution in [-0.2, 0) is 0 Å². The second kappa shape index (κ2) is 5.30. The van der Waals surface area contributed by atoms with Crippen LogP contribution in [-0.4, -0.2) is 5.71 Å². The van der Waals surface area contributed by atoms with Gasteiger partial charge in [-0.05, 0) is 31.9 Å². The van der Waals surface area contributed by atoms with Gasteiger partial charge in [-0.25, -0.2) is 0 Å². The highest BCUT2D eigenvalue weighted by Crippen LogP contribution is 2.11. The Labute approximate surface area is 91.9 Å². The standard InChI is InChI=1S/C14H17N/c1-5-14(11(2)3)15-12(4)13-9-7-6-8-10-13/h5-10H,2H2,1,3-4H3/b14-5-,15-12?. The number of aliphatic imine (C=N–C) groups is 1. The lowest BCUT2D eigenvalue weighted by Gasteiger charge is -2.03. The van der Waals surface area contributed by atoms with E-state index in [1.165, 1.54) is 0 Å². The topological polar surface area (TPSA) is 12.4 Å². The maximum Gasteiger partial charge on any atom is 0.0613 e. The third kappa shape index (κ3) is 3.21. The summed E-state index contributed by atoms with van der Waals surface area (Å²) < 4.78 is 0. The van der Waals surface area contributed by atoms with Crippen molar-refractivity contribution in [2.75, 3.05) is 0 Å². The summed E-state index contributed by atoms with van der Waals surface area (Å²) in [5.74, 6) is 0. The van der Waals surface area contributed by atoms with Gasteiger partial charge in [0.15, 0.2) is 0 Å². The van der Waals surface area contributed by atoms with E-state index in [4.69, 9.17) is 0 Å². The maximum absolute atomic E-state index is 4.54. The first-order valence-corrected chi connectivity index (χ1v) is 5.08. The van der Waals surface area contributed by atoms with Crippen molar-refractivity contribution in [1.82, 2.24) is 0 Å². The highest BCUT2D eigenvalue weighted by Gasteiger charge is 1.98. The Morgan fingerprint density at radius 2 is 1.80 bits per heavy atom. The second-order valence-corrected chi connectivity index (χ2v) is 3.52. The molecular weight excluding hydrogens is 182 g/mol. The van der Waals surface area contributed by atoms with Gasteiger partial charge >= 0.3 is 0 Å². The third-order valence-electron chi connectivity index (χ3n) is 2.19. The quantitative estimate of drug-likeness (QED) is 0.516. The fourth-order valence-electron chi connectivity index (χ4n) is 1.33. The molecule has 0 saturated carbocycles. The Balaban J connectivity index is 2.99. The minimum Gasteiger partial charge on any atom is -0.253 e. The summed E-state index contributed by atoms with van der Waals surface area (Å²) in [7, 11) is 0. The van der Waals surface area contributed by atoms with Crippen molar-refractivity contribution in [2.45, 2.75) is 20.8 Å². The first-order chi connectivity index (χ1) is 7.15. The molecule has 1 heteroatoms. The number of allylic oxidation sites excluding steroid dienone is 2. The van der Waals surface area contributed by atoms with Crippen LogP contribution >= 0.6 is 0 Å². The SMILES string of the molecule is C=C(C)/C(=C/C)N=C(C)c1ccccc1. The zero-order valence-corrected chi connectivity index (χ0v) is 9.62. The first kappa shape index (κ1) is 11.4. The molecule has 1 aromatic rings. The van der Waals surface area contributed by atoms with E-state index < -0.39 is 0 Å². The van der Waals surface area contributed by atoms with Crippen LogP contribution in [0.3, 0.4) is 0 Å². The van der Waals surface area contributed by atoms with E-state index in [9.17, 15) is 0 Å². The molecule has 0 aliphatic rings. The molecule has 0 aromatic heterocycles. The Bertz CT molecular complexity index is 397. The number of nitrogens with zero attached hydrogens (tertiary/aromatic N) is 1. The molecule has 1 nitrogen and oxygen atoms in total. The summed E-state index contributed by atoms with van der Waals surface area (Å²) in [6.07, 6.45) is 1.98. The van der Waals surface area contributed by atoms with E-state index in [1.54, 1.807) is 0 Å². The van der Waals surface area contributed by atoms with Crippen LogP contribution in [0.2, 0.25) is 0 Å². The van der Waals surface area contributed by atoms with Gasteiger partial charge in [0.2, 0.25) is 0 Å². The molecule has 0 aliphatic carbocycles. The smallest absolute Gasteiger partial charge is 0.0613 e. The van der Waals surface area contributed by atoms with Crippen LogP contribution in [0.1, 0.15) is 26.3 Å². The molecule has 0 fully saturated rings. The summed E-state index contributed by atoms with van der Waals surface area (Å²) in [6.45, 7) is 9.86. The molecular formula is C14H17N. The van der Waals surface area contributed by atoms with Crippen LogP contribution < -0.4 is 0 Å². The molecule has 15 heavy (non-hydrogen) atoms. The first-order valence-electron chi connectivity index (χ1n) is 5.08. The number of rotatable bonds is 3. The lowest BCUT2D eigenvalue weighted by Crippen LogP contribution is -1.95. The van der Waals surface area contributed by atoms with Gasteiger partial charge < -0.3 is 0 Å². The number of hydrogen-bond acceptors (Lipinski definition) is 1. The fraction of sp³-hybridized carbons (Fsp3) is 0.214. The second-order valence-electron chi connectivity index (χ2n) is 3.52. The van der Waals surface area contributed by atoms with Crippen molar-refractivity contribution < 1.29 is 0 Å². The highest BCUT2D eigenvalue weighted by molar-refractivity contribution is 5.99. The minimum absolute atomic E-state index is 0.955. The van der Waals surface area contributed by atoms with Crippen molar-refractivity contribution in [3.63, 3.8) is 0 Å². The van der Waals surface area contributed by atoms with E-state index in [0.717, 1.165) is 22.5 Å². The minimum atomic E-state index is 0.955. The largest absolute Gasteiger partial charge is 0.253 e. The molecule has 0 bridgehead atoms. The van der Waals surface area contributed by atoms with Gasteiger partial charge in [-0.3, -0.25) is 4.99 Å². The molecule has 0 aliphatic heterocycles. The van der Waals surface area contributed by atoms with Crippen molar-refractivity contribution in [3.05, 3.63) is 59.8 Å². The van der Waals surface area contributed by atoms with Crippen LogP contribution in [0, 0.1) is 0 Å². The lowest BCUT2D eigenvalue weighted by atomic mass is 10.1. The van der Waals surface area contributed by atoms with Crippen molar-refractivity contribution >= 4 is 5.71 Å². The molecule has 0 saturated heterocycles. The number of benzene rings is 1. The maximum atomic E-state index is 4.54. The number of hydrogen-bond donors (Lipinski definition) is 0. The van der Waals surface area contributed by atoms with Gasteiger partial charge in [-0.1, -0.05) is 43.0 Å². The molecule has 0 heterocycles. The fourth-order valence-corrected chi connectivity index (χ4v) is 1.33. The Morgan fingerprint density at radius 1 is 1.20 bits per heavy atom. The molecule has 0 N–H and O–H groups in total. The van der Waals surface area contributed by atoms with Gasteiger partial charge in [0.25, 0.3) is 0 Å². The summed E-state index contributed by atoms with van der Waals surface area (Å²) in [5, 5.41) is 0. The Morgan fingerprint density at radius 3 is 2.27 bits per heavy atom. The Hall–Kier alpha value is -1.63. The van der Waals surface area contributed by atoms with Crippen LogP contribution in [0.15, 0.2) is 59.2 Å². The molecule has 0 radical (unpaired) electrons. The predicted molar refractivity (Wildman–Crippen MR) is 67.2 cm³/mol. The van der Waals surface area contributed by atoms with E-state index in [-0.39, 0.29) is 0 Å². The lowest BCUT2D eigenvalue weighted by molar-refractivity contribution is 1.27. The molecule has 0 amide bonds. The zero-order chi connectivity index (χ0) is 11.3. The monoisotopic (exact) mass is 199 g/mol. The van der Waals surface area contributed by atoms with Gasteiger partial charge in [0.1, 0.15) is 0 Å². The van der Waals surface area contributed by atoms with Crippen molar-refractivity contribution in [2.24, 2.45) is 4.99 Å². The van der Waals surface area contributed by atoms with Gasteiger partial charge in [0.05, 0.1) is 5.70 Å². The van der Waals surface area contributed by atoms with Gasteiger partial charge in [-0.2, -0.15) is 0 Å². The molecule has 0 spiro atoms. The summed E-state index contributed by atoms with van der Waals surface area (Å²) >= 11 is 0. The van der Waals surface area contributed by atoms with Crippen LogP contribution in [0.5, 0.6) is 0 Å². The van der Waals surface area contributed by atoms with E-state index in [0.29, 0.717) is 0 Å². The average Bonchev–Trinajstić information content (AvgIpc) is 2.26. The van der Waals surface area contributed by atoms with E-state index in [2.05, 4.69) is 23.7 Å². The normalized spacial score (nSPS) is 12.7. The Kier molecular flexibility index (Phi) is 4.04. The molecule has 78 valence electrons. The highest BCUT2D eigenvalue weighted by atomic mass is 14.8. The van der Waals surface area contributed by atoms with Crippen LogP contribution in [0.4, 0.5) is 0 Å². The van der Waals surface area contributed by atoms with E-state index in [1.807, 2.05) is 45.0 Å². The molecule has 0 atom stereocenters. The third-order valence-corrected chi connectivity index (χ3v) is 2.19.